The van der Waals surface area contributed by atoms with Gasteiger partial charge in [-0.15, -0.1) is 0 Å². The highest BCUT2D eigenvalue weighted by molar-refractivity contribution is 5.13. The average Bonchev–Trinajstić information content (AvgIpc) is 2.48. The van der Waals surface area contributed by atoms with E-state index in [2.05, 4.69) is 0 Å². The lowest BCUT2D eigenvalue weighted by molar-refractivity contribution is -0.187. The molecule has 0 aromatic heterocycles. The predicted molar refractivity (Wildman–Crippen MR) is 77.3 cm³/mol. The Kier molecular flexibility index (Phi) is 6.23. The molecular formula is C16H22F3NO2. The minimum Gasteiger partial charge on any atom is -0.389 e. The molecule has 124 valence electrons. The third-order valence-electron chi connectivity index (χ3n) is 3.86. The molecule has 3 nitrogen and oxygen atoms in total. The van der Waals surface area contributed by atoms with E-state index in [0.29, 0.717) is 19.6 Å². The summed E-state index contributed by atoms with van der Waals surface area (Å²) in [5, 5.41) is 9.92. The van der Waals surface area contributed by atoms with Gasteiger partial charge in [0.1, 0.15) is 0 Å². The molecule has 2 atom stereocenters. The van der Waals surface area contributed by atoms with Crippen molar-refractivity contribution in [3.63, 3.8) is 0 Å². The van der Waals surface area contributed by atoms with Crippen molar-refractivity contribution in [2.45, 2.75) is 31.7 Å². The third-order valence-corrected chi connectivity index (χ3v) is 3.86. The maximum atomic E-state index is 12.7. The highest BCUT2D eigenvalue weighted by atomic mass is 19.4. The first-order valence-corrected chi connectivity index (χ1v) is 7.54. The first-order valence-electron chi connectivity index (χ1n) is 7.54. The fourth-order valence-corrected chi connectivity index (χ4v) is 2.73. The molecule has 0 aliphatic carbocycles. The fraction of sp³-hybridized carbons (Fsp3) is 0.625. The normalized spacial score (nSPS) is 21.7. The van der Waals surface area contributed by atoms with Crippen molar-refractivity contribution in [3.8, 4) is 0 Å². The van der Waals surface area contributed by atoms with Crippen molar-refractivity contribution in [1.82, 2.24) is 4.90 Å². The van der Waals surface area contributed by atoms with Gasteiger partial charge in [-0.1, -0.05) is 30.3 Å². The Labute approximate surface area is 128 Å². The molecular weight excluding hydrogens is 295 g/mol. The molecule has 0 saturated carbocycles. The van der Waals surface area contributed by atoms with Gasteiger partial charge < -0.3 is 14.7 Å². The molecule has 1 heterocycles. The zero-order valence-corrected chi connectivity index (χ0v) is 12.4. The summed E-state index contributed by atoms with van der Waals surface area (Å²) in [5.74, 6) is -1.28. The molecule has 22 heavy (non-hydrogen) atoms. The van der Waals surface area contributed by atoms with Crippen LogP contribution in [-0.4, -0.2) is 48.5 Å². The summed E-state index contributed by atoms with van der Waals surface area (Å²) in [6, 6.07) is 9.56. The predicted octanol–water partition coefficient (Wildman–Crippen LogP) is 2.84. The number of halogens is 3. The van der Waals surface area contributed by atoms with Crippen LogP contribution in [0.4, 0.5) is 13.2 Å². The van der Waals surface area contributed by atoms with Gasteiger partial charge in [-0.05, 0) is 24.9 Å². The Hall–Kier alpha value is -1.11. The number of hydrogen-bond donors (Lipinski definition) is 1. The van der Waals surface area contributed by atoms with Gasteiger partial charge >= 0.3 is 6.18 Å². The lowest BCUT2D eigenvalue weighted by atomic mass is 9.97. The van der Waals surface area contributed by atoms with Crippen LogP contribution in [0.3, 0.4) is 0 Å². The number of likely N-dealkylation sites (tertiary alicyclic amines) is 1. The van der Waals surface area contributed by atoms with Gasteiger partial charge in [0.25, 0.3) is 0 Å². The van der Waals surface area contributed by atoms with E-state index in [4.69, 9.17) is 4.74 Å². The van der Waals surface area contributed by atoms with Crippen LogP contribution < -0.4 is 0 Å². The lowest BCUT2D eigenvalue weighted by Crippen LogP contribution is -2.45. The second kappa shape index (κ2) is 7.94. The zero-order valence-electron chi connectivity index (χ0n) is 12.4. The van der Waals surface area contributed by atoms with Crippen LogP contribution in [0.5, 0.6) is 0 Å². The Bertz CT molecular complexity index is 439. The highest BCUT2D eigenvalue weighted by Crippen LogP contribution is 2.33. The standard InChI is InChI=1S/C16H22F3NO2/c17-16(18,19)14-7-4-8-20(9-14)10-15(21)12-22-11-13-5-2-1-3-6-13/h1-3,5-6,14-15,21H,4,7-12H2. The largest absolute Gasteiger partial charge is 0.393 e. The highest BCUT2D eigenvalue weighted by Gasteiger charge is 2.41. The van der Waals surface area contributed by atoms with Crippen LogP contribution in [0.15, 0.2) is 30.3 Å². The second-order valence-electron chi connectivity index (χ2n) is 5.79. The van der Waals surface area contributed by atoms with Crippen molar-refractivity contribution in [2.24, 2.45) is 5.92 Å². The van der Waals surface area contributed by atoms with E-state index in [0.717, 1.165) is 5.56 Å². The Morgan fingerprint density at radius 1 is 1.27 bits per heavy atom. The number of hydrogen-bond acceptors (Lipinski definition) is 3. The molecule has 0 spiro atoms. The van der Waals surface area contributed by atoms with Crippen molar-refractivity contribution >= 4 is 0 Å². The van der Waals surface area contributed by atoms with Crippen molar-refractivity contribution in [1.29, 1.82) is 0 Å². The molecule has 1 aromatic rings. The van der Waals surface area contributed by atoms with Crippen LogP contribution in [0.2, 0.25) is 0 Å². The Balaban J connectivity index is 1.69. The first kappa shape index (κ1) is 17.2. The number of benzene rings is 1. The maximum absolute atomic E-state index is 12.7. The van der Waals surface area contributed by atoms with Crippen LogP contribution in [0, 0.1) is 5.92 Å². The maximum Gasteiger partial charge on any atom is 0.393 e. The molecule has 1 saturated heterocycles. The van der Waals surface area contributed by atoms with Gasteiger partial charge in [0.2, 0.25) is 0 Å². The number of rotatable bonds is 6. The quantitative estimate of drug-likeness (QED) is 0.876. The van der Waals surface area contributed by atoms with Crippen LogP contribution in [0.25, 0.3) is 0 Å². The minimum absolute atomic E-state index is 0.0285. The van der Waals surface area contributed by atoms with Crippen molar-refractivity contribution in [2.75, 3.05) is 26.2 Å². The molecule has 1 N–H and O–H groups in total. The van der Waals surface area contributed by atoms with E-state index >= 15 is 0 Å². The van der Waals surface area contributed by atoms with E-state index in [1.165, 1.54) is 0 Å². The Morgan fingerprint density at radius 2 is 2.00 bits per heavy atom. The summed E-state index contributed by atoms with van der Waals surface area (Å²) < 4.78 is 43.6. The lowest BCUT2D eigenvalue weighted by Gasteiger charge is -2.34. The van der Waals surface area contributed by atoms with Crippen LogP contribution in [-0.2, 0) is 11.3 Å². The number of β-amino-alcohol motifs (C(OH)–C–C–N with tert-alkyl or cyclic N) is 1. The molecule has 6 heteroatoms. The van der Waals surface area contributed by atoms with Gasteiger partial charge in [0, 0.05) is 13.1 Å². The van der Waals surface area contributed by atoms with E-state index in [1.54, 1.807) is 4.90 Å². The summed E-state index contributed by atoms with van der Waals surface area (Å²) in [5.41, 5.74) is 1.00. The van der Waals surface area contributed by atoms with E-state index in [9.17, 15) is 18.3 Å². The van der Waals surface area contributed by atoms with Crippen molar-refractivity contribution in [3.05, 3.63) is 35.9 Å². The average molecular weight is 317 g/mol. The van der Waals surface area contributed by atoms with Gasteiger partial charge in [-0.3, -0.25) is 0 Å². The first-order chi connectivity index (χ1) is 10.4. The molecule has 0 amide bonds. The number of alkyl halides is 3. The van der Waals surface area contributed by atoms with Gasteiger partial charge in [-0.25, -0.2) is 0 Å². The third kappa shape index (κ3) is 5.59. The number of aliphatic hydroxyl groups is 1. The summed E-state index contributed by atoms with van der Waals surface area (Å²) in [6.45, 7) is 1.31. The summed E-state index contributed by atoms with van der Waals surface area (Å²) in [7, 11) is 0. The molecule has 0 radical (unpaired) electrons. The SMILES string of the molecule is OC(COCc1ccccc1)CN1CCCC(C(F)(F)F)C1. The molecule has 2 unspecified atom stereocenters. The molecule has 1 aromatic carbocycles. The van der Waals surface area contributed by atoms with Gasteiger partial charge in [0.15, 0.2) is 0 Å². The molecule has 1 fully saturated rings. The number of piperidine rings is 1. The van der Waals surface area contributed by atoms with Gasteiger partial charge in [-0.2, -0.15) is 13.2 Å². The number of aliphatic hydroxyl groups excluding tert-OH is 1. The Morgan fingerprint density at radius 3 is 2.68 bits per heavy atom. The number of nitrogens with zero attached hydrogens (tertiary/aromatic N) is 1. The van der Waals surface area contributed by atoms with E-state index in [-0.39, 0.29) is 26.1 Å². The minimum atomic E-state index is -4.15. The summed E-state index contributed by atoms with van der Waals surface area (Å²) in [4.78, 5) is 1.68. The molecule has 0 bridgehead atoms. The van der Waals surface area contributed by atoms with Crippen LogP contribution in [0.1, 0.15) is 18.4 Å². The summed E-state index contributed by atoms with van der Waals surface area (Å²) >= 11 is 0. The fourth-order valence-electron chi connectivity index (χ4n) is 2.73. The van der Waals surface area contributed by atoms with E-state index < -0.39 is 18.2 Å². The monoisotopic (exact) mass is 317 g/mol. The smallest absolute Gasteiger partial charge is 0.389 e. The molecule has 1 aliphatic rings. The van der Waals surface area contributed by atoms with Gasteiger partial charge in [0.05, 0.1) is 25.2 Å². The zero-order chi connectivity index (χ0) is 16.0. The molecule has 2 rings (SSSR count). The summed E-state index contributed by atoms with van der Waals surface area (Å²) in [6.07, 6.45) is -4.22. The van der Waals surface area contributed by atoms with E-state index in [1.807, 2.05) is 30.3 Å². The van der Waals surface area contributed by atoms with Crippen molar-refractivity contribution < 1.29 is 23.0 Å². The van der Waals surface area contributed by atoms with Crippen LogP contribution >= 0.6 is 0 Å². The molecule has 1 aliphatic heterocycles. The topological polar surface area (TPSA) is 32.7 Å². The number of ether oxygens (including phenoxy) is 1. The second-order valence-corrected chi connectivity index (χ2v) is 5.79.